The molecule has 2 aromatic heterocycles. The fourth-order valence-corrected chi connectivity index (χ4v) is 5.40. The van der Waals surface area contributed by atoms with Crippen LogP contribution in [0.2, 0.25) is 0 Å². The molecule has 0 fully saturated rings. The number of aromatic nitrogens is 2. The van der Waals surface area contributed by atoms with Gasteiger partial charge in [0.25, 0.3) is 0 Å². The number of aryl methyl sites for hydroxylation is 2. The SMILES string of the molecule is Cn1cc(C(F)(F)F)nc1-c1ccc(C(N)=NOC(=O)C2(C)CCCc3sc(N)c(C#N)c32)cc1. The molecule has 0 saturated heterocycles. The summed E-state index contributed by atoms with van der Waals surface area (Å²) < 4.78 is 40.1. The molecule has 0 amide bonds. The molecule has 1 aromatic carbocycles. The Kier molecular flexibility index (Phi) is 6.06. The molecule has 1 aliphatic carbocycles. The van der Waals surface area contributed by atoms with Crippen molar-refractivity contribution >= 4 is 28.1 Å². The zero-order valence-electron chi connectivity index (χ0n) is 18.8. The fraction of sp³-hybridized carbons (Fsp3) is 0.304. The number of nitrogens with two attached hydrogens (primary N) is 2. The van der Waals surface area contributed by atoms with Crippen LogP contribution in [0.25, 0.3) is 11.4 Å². The number of benzene rings is 1. The summed E-state index contributed by atoms with van der Waals surface area (Å²) in [6, 6.07) is 8.25. The number of nitriles is 1. The predicted octanol–water partition coefficient (Wildman–Crippen LogP) is 4.08. The summed E-state index contributed by atoms with van der Waals surface area (Å²) in [5, 5.41) is 13.7. The Bertz CT molecular complexity index is 1370. The monoisotopic (exact) mass is 502 g/mol. The zero-order valence-corrected chi connectivity index (χ0v) is 19.6. The molecule has 0 aliphatic heterocycles. The Morgan fingerprint density at radius 2 is 2.03 bits per heavy atom. The molecule has 1 unspecified atom stereocenters. The number of hydrogen-bond donors (Lipinski definition) is 2. The topological polar surface area (TPSA) is 132 Å². The van der Waals surface area contributed by atoms with Gasteiger partial charge in [-0.1, -0.05) is 29.4 Å². The molecule has 0 saturated carbocycles. The smallest absolute Gasteiger partial charge is 0.389 e. The van der Waals surface area contributed by atoms with E-state index in [0.29, 0.717) is 33.7 Å². The van der Waals surface area contributed by atoms with Crippen molar-refractivity contribution in [2.75, 3.05) is 5.73 Å². The molecule has 1 atom stereocenters. The zero-order chi connectivity index (χ0) is 25.5. The van der Waals surface area contributed by atoms with E-state index in [1.54, 1.807) is 19.1 Å². The number of carbonyl (C=O) groups is 1. The minimum absolute atomic E-state index is 0.0920. The maximum absolute atomic E-state index is 13.0. The number of nitrogen functional groups attached to an aromatic ring is 1. The summed E-state index contributed by atoms with van der Waals surface area (Å²) in [7, 11) is 1.47. The van der Waals surface area contributed by atoms with Crippen LogP contribution in [0.4, 0.5) is 18.2 Å². The van der Waals surface area contributed by atoms with Crippen molar-refractivity contribution in [3.8, 4) is 17.5 Å². The first-order valence-electron chi connectivity index (χ1n) is 10.5. The van der Waals surface area contributed by atoms with E-state index in [4.69, 9.17) is 16.3 Å². The third-order valence-electron chi connectivity index (χ3n) is 6.04. The van der Waals surface area contributed by atoms with Gasteiger partial charge in [0.05, 0.1) is 11.0 Å². The lowest BCUT2D eigenvalue weighted by molar-refractivity contribution is -0.150. The minimum Gasteiger partial charge on any atom is -0.389 e. The Hall–Kier alpha value is -3.85. The number of hydrogen-bond acceptors (Lipinski definition) is 7. The van der Waals surface area contributed by atoms with Gasteiger partial charge in [0.2, 0.25) is 0 Å². The molecule has 3 aromatic rings. The van der Waals surface area contributed by atoms with E-state index in [-0.39, 0.29) is 11.7 Å². The molecular formula is C23H21F3N6O2S. The first-order valence-corrected chi connectivity index (χ1v) is 11.4. The summed E-state index contributed by atoms with van der Waals surface area (Å²) >= 11 is 1.30. The van der Waals surface area contributed by atoms with Crippen molar-refractivity contribution < 1.29 is 22.8 Å². The Balaban J connectivity index is 1.54. The normalized spacial score (nSPS) is 18.1. The second-order valence-electron chi connectivity index (χ2n) is 8.43. The van der Waals surface area contributed by atoms with Crippen molar-refractivity contribution in [1.82, 2.24) is 9.55 Å². The number of rotatable bonds is 4. The van der Waals surface area contributed by atoms with E-state index >= 15 is 0 Å². The second-order valence-corrected chi connectivity index (χ2v) is 9.56. The highest BCUT2D eigenvalue weighted by Crippen LogP contribution is 2.46. The van der Waals surface area contributed by atoms with Gasteiger partial charge in [-0.05, 0) is 26.2 Å². The molecule has 35 heavy (non-hydrogen) atoms. The third kappa shape index (κ3) is 4.35. The van der Waals surface area contributed by atoms with Crippen LogP contribution >= 0.6 is 11.3 Å². The van der Waals surface area contributed by atoms with Crippen LogP contribution in [0.1, 0.15) is 47.0 Å². The summed E-state index contributed by atoms with van der Waals surface area (Å²) in [4.78, 5) is 22.7. The molecular weight excluding hydrogens is 481 g/mol. The number of carbonyl (C=O) groups excluding carboxylic acids is 1. The highest BCUT2D eigenvalue weighted by atomic mass is 32.1. The van der Waals surface area contributed by atoms with Gasteiger partial charge < -0.3 is 20.9 Å². The van der Waals surface area contributed by atoms with Crippen molar-refractivity contribution in [2.45, 2.75) is 37.8 Å². The number of imidazole rings is 1. The average Bonchev–Trinajstić information content (AvgIpc) is 3.37. The number of alkyl halides is 3. The number of amidine groups is 1. The van der Waals surface area contributed by atoms with Crippen LogP contribution in [-0.2, 0) is 34.7 Å². The van der Waals surface area contributed by atoms with E-state index in [1.165, 1.54) is 35.1 Å². The summed E-state index contributed by atoms with van der Waals surface area (Å²) in [5.74, 6) is -0.610. The minimum atomic E-state index is -4.55. The van der Waals surface area contributed by atoms with Crippen LogP contribution in [0.5, 0.6) is 0 Å². The van der Waals surface area contributed by atoms with Gasteiger partial charge in [-0.2, -0.15) is 18.4 Å². The van der Waals surface area contributed by atoms with Crippen molar-refractivity contribution in [3.63, 3.8) is 0 Å². The van der Waals surface area contributed by atoms with Crippen LogP contribution in [0.3, 0.4) is 0 Å². The van der Waals surface area contributed by atoms with Gasteiger partial charge in [-0.15, -0.1) is 11.3 Å². The van der Waals surface area contributed by atoms with Crippen molar-refractivity contribution in [3.05, 3.63) is 57.7 Å². The van der Waals surface area contributed by atoms with E-state index in [2.05, 4.69) is 16.2 Å². The largest absolute Gasteiger partial charge is 0.434 e. The van der Waals surface area contributed by atoms with Crippen LogP contribution < -0.4 is 11.5 Å². The molecule has 182 valence electrons. The van der Waals surface area contributed by atoms with E-state index in [0.717, 1.165) is 23.9 Å². The lowest BCUT2D eigenvalue weighted by Crippen LogP contribution is -2.37. The molecule has 0 spiro atoms. The van der Waals surface area contributed by atoms with Crippen LogP contribution in [0, 0.1) is 11.3 Å². The third-order valence-corrected chi connectivity index (χ3v) is 7.11. The number of anilines is 1. The molecule has 4 N–H and O–H groups in total. The van der Waals surface area contributed by atoms with Crippen molar-refractivity contribution in [1.29, 1.82) is 5.26 Å². The Morgan fingerprint density at radius 3 is 2.63 bits per heavy atom. The van der Waals surface area contributed by atoms with Gasteiger partial charge in [0.15, 0.2) is 11.5 Å². The standard InChI is InChI=1S/C23H21F3N6O2S/c1-22(9-3-4-15-17(22)14(10-27)19(29)35-15)21(33)34-31-18(28)12-5-7-13(8-6-12)20-30-16(11-32(20)2)23(24,25)26/h5-8,11H,3-4,9,29H2,1-2H3,(H2,28,31). The maximum atomic E-state index is 13.0. The highest BCUT2D eigenvalue weighted by molar-refractivity contribution is 7.16. The van der Waals surface area contributed by atoms with E-state index in [1.807, 2.05) is 0 Å². The lowest BCUT2D eigenvalue weighted by Gasteiger charge is -2.30. The van der Waals surface area contributed by atoms with Gasteiger partial charge >= 0.3 is 12.1 Å². The predicted molar refractivity (Wildman–Crippen MR) is 124 cm³/mol. The summed E-state index contributed by atoms with van der Waals surface area (Å²) in [6.45, 7) is 1.70. The average molecular weight is 503 g/mol. The van der Waals surface area contributed by atoms with Crippen LogP contribution in [-0.4, -0.2) is 21.4 Å². The van der Waals surface area contributed by atoms with Gasteiger partial charge in [-0.25, -0.2) is 9.78 Å². The van der Waals surface area contributed by atoms with Gasteiger partial charge in [-0.3, -0.25) is 0 Å². The lowest BCUT2D eigenvalue weighted by atomic mass is 9.72. The molecule has 2 heterocycles. The van der Waals surface area contributed by atoms with Gasteiger partial charge in [0.1, 0.15) is 16.9 Å². The quantitative estimate of drug-likeness (QED) is 0.239. The Morgan fingerprint density at radius 1 is 1.34 bits per heavy atom. The molecule has 1 aliphatic rings. The van der Waals surface area contributed by atoms with E-state index < -0.39 is 23.3 Å². The molecule has 0 bridgehead atoms. The second kappa shape index (κ2) is 8.74. The number of nitrogens with zero attached hydrogens (tertiary/aromatic N) is 4. The van der Waals surface area contributed by atoms with Crippen molar-refractivity contribution in [2.24, 2.45) is 17.9 Å². The number of oxime groups is 1. The van der Waals surface area contributed by atoms with E-state index in [9.17, 15) is 23.2 Å². The fourth-order valence-electron chi connectivity index (χ4n) is 4.20. The number of thiophene rings is 1. The number of fused-ring (bicyclic) bond motifs is 1. The number of halogens is 3. The first kappa shape index (κ1) is 24.3. The molecule has 0 radical (unpaired) electrons. The highest BCUT2D eigenvalue weighted by Gasteiger charge is 2.44. The maximum Gasteiger partial charge on any atom is 0.434 e. The summed E-state index contributed by atoms with van der Waals surface area (Å²) in [6.07, 6.45) is -1.71. The Labute approximate surface area is 202 Å². The summed E-state index contributed by atoms with van der Waals surface area (Å²) in [5.41, 5.74) is 11.6. The van der Waals surface area contributed by atoms with Crippen LogP contribution in [0.15, 0.2) is 35.6 Å². The molecule has 4 rings (SSSR count). The molecule has 8 nitrogen and oxygen atoms in total. The first-order chi connectivity index (χ1) is 16.5. The molecule has 12 heteroatoms. The van der Waals surface area contributed by atoms with Gasteiger partial charge in [0, 0.05) is 34.8 Å².